The lowest BCUT2D eigenvalue weighted by atomic mass is 9.84. The molecule has 0 spiro atoms. The van der Waals surface area contributed by atoms with Crippen LogP contribution in [0.25, 0.3) is 33.3 Å². The number of phenols is 1. The lowest BCUT2D eigenvalue weighted by Crippen LogP contribution is -2.62. The summed E-state index contributed by atoms with van der Waals surface area (Å²) in [6, 6.07) is 11.9. The summed E-state index contributed by atoms with van der Waals surface area (Å²) in [5.74, 6) is -7.78. The number of halogens is 2. The minimum Gasteiger partial charge on any atom is -0.508 e. The first-order valence-electron chi connectivity index (χ1n) is 21.5. The first kappa shape index (κ1) is 44.6. The van der Waals surface area contributed by atoms with Gasteiger partial charge in [0.15, 0.2) is 0 Å². The number of rotatable bonds is 9. The topological polar surface area (TPSA) is 155 Å². The zero-order valence-corrected chi connectivity index (χ0v) is 36.8. The van der Waals surface area contributed by atoms with E-state index in [-0.39, 0.29) is 31.4 Å². The van der Waals surface area contributed by atoms with Gasteiger partial charge < -0.3 is 29.4 Å². The molecular weight excluding hydrogens is 799 g/mol. The maximum absolute atomic E-state index is 14.5. The molecule has 15 heteroatoms. The molecule has 4 heterocycles. The number of carbonyl (C=O) groups excluding carboxylic acids is 4. The summed E-state index contributed by atoms with van der Waals surface area (Å²) in [6.45, 7) is 12.5. The number of phenolic OH excluding ortho intramolecular Hbond substituents is 1. The number of hydrogen-bond donors (Lipinski definition) is 3. The van der Waals surface area contributed by atoms with Crippen molar-refractivity contribution in [3.05, 3.63) is 71.5 Å². The van der Waals surface area contributed by atoms with Gasteiger partial charge in [-0.15, -0.1) is 0 Å². The molecular formula is C47H58F2N6O7. The Labute approximate surface area is 361 Å². The average molecular weight is 857 g/mol. The van der Waals surface area contributed by atoms with Crippen molar-refractivity contribution in [1.29, 1.82) is 0 Å². The van der Waals surface area contributed by atoms with Crippen molar-refractivity contribution in [2.75, 3.05) is 27.3 Å². The number of esters is 1. The summed E-state index contributed by atoms with van der Waals surface area (Å²) in [7, 11) is 2.98. The summed E-state index contributed by atoms with van der Waals surface area (Å²) >= 11 is 0. The van der Waals surface area contributed by atoms with E-state index in [4.69, 9.17) is 14.5 Å². The molecule has 1 aliphatic carbocycles. The molecule has 3 aliphatic rings. The van der Waals surface area contributed by atoms with Gasteiger partial charge >= 0.3 is 5.97 Å². The lowest BCUT2D eigenvalue weighted by molar-refractivity contribution is -0.155. The van der Waals surface area contributed by atoms with Crippen LogP contribution in [0.5, 0.6) is 5.75 Å². The van der Waals surface area contributed by atoms with E-state index in [1.54, 1.807) is 33.2 Å². The standard InChI is InChI=1S/C47H58F2N6O7/c1-9-54-38-15-14-29-22-33(38)34(41(54)32-12-10-16-50-39(32)27(4)61-8)23-46(5,6)25-62-45(60)36-13-11-17-55(52-36)44(59)37(20-28-18-30(29)21-31(56)19-28)51-42(57)40(26(2)3)53(7)43(58)35-24-47(35,48)49/h10,12,14-16,18-19,21-22,26-27,35-37,40,52,56H,9,11,13,17,20,23-25H2,1-8H3,(H,51,57)/t27-,35-,36-,37-,40-/m0/s1. The molecule has 3 N–H and O–H groups in total. The number of carbonyl (C=O) groups is 4. The Morgan fingerprint density at radius 2 is 1.85 bits per heavy atom. The van der Waals surface area contributed by atoms with E-state index in [0.717, 1.165) is 43.9 Å². The number of hydrazine groups is 1. The average Bonchev–Trinajstić information content (AvgIpc) is 3.78. The van der Waals surface area contributed by atoms with E-state index >= 15 is 0 Å². The molecule has 332 valence electrons. The van der Waals surface area contributed by atoms with Gasteiger partial charge in [0.2, 0.25) is 11.8 Å². The van der Waals surface area contributed by atoms with E-state index in [9.17, 15) is 33.1 Å². The van der Waals surface area contributed by atoms with Gasteiger partial charge in [-0.05, 0) is 97.7 Å². The van der Waals surface area contributed by atoms with Gasteiger partial charge in [0.25, 0.3) is 11.8 Å². The quantitative estimate of drug-likeness (QED) is 0.158. The molecule has 5 atom stereocenters. The fourth-order valence-electron chi connectivity index (χ4n) is 9.11. The van der Waals surface area contributed by atoms with Crippen LogP contribution in [0, 0.1) is 17.3 Å². The predicted molar refractivity (Wildman–Crippen MR) is 230 cm³/mol. The molecule has 1 saturated carbocycles. The summed E-state index contributed by atoms with van der Waals surface area (Å²) in [6.07, 6.45) is 2.19. The van der Waals surface area contributed by atoms with Crippen LogP contribution >= 0.6 is 0 Å². The number of amides is 3. The van der Waals surface area contributed by atoms with Crippen molar-refractivity contribution < 1.29 is 42.5 Å². The number of hydrogen-bond acceptors (Lipinski definition) is 9. The molecule has 13 nitrogen and oxygen atoms in total. The number of nitrogens with one attached hydrogen (secondary N) is 2. The van der Waals surface area contributed by atoms with Gasteiger partial charge in [0, 0.05) is 68.2 Å². The molecule has 4 aromatic rings. The molecule has 2 aromatic heterocycles. The Bertz CT molecular complexity index is 2380. The van der Waals surface area contributed by atoms with Crippen molar-refractivity contribution >= 4 is 34.6 Å². The normalized spacial score (nSPS) is 22.1. The summed E-state index contributed by atoms with van der Waals surface area (Å²) < 4.78 is 42.1. The number of cyclic esters (lactones) is 1. The van der Waals surface area contributed by atoms with Crippen LogP contribution in [0.15, 0.2) is 54.7 Å². The fraction of sp³-hybridized carbons (Fsp3) is 0.511. The Morgan fingerprint density at radius 1 is 1.11 bits per heavy atom. The van der Waals surface area contributed by atoms with Crippen LogP contribution in [0.1, 0.15) is 83.7 Å². The number of nitrogens with zero attached hydrogens (tertiary/aromatic N) is 4. The van der Waals surface area contributed by atoms with Crippen LogP contribution in [-0.4, -0.2) is 99.6 Å². The third-order valence-corrected chi connectivity index (χ3v) is 12.5. The van der Waals surface area contributed by atoms with Gasteiger partial charge in [-0.2, -0.15) is 0 Å². The second-order valence-electron chi connectivity index (χ2n) is 18.2. The third kappa shape index (κ3) is 8.92. The Balaban J connectivity index is 1.35. The highest BCUT2D eigenvalue weighted by Gasteiger charge is 2.62. The van der Waals surface area contributed by atoms with Crippen LogP contribution in [0.4, 0.5) is 8.78 Å². The maximum Gasteiger partial charge on any atom is 0.324 e. The number of aromatic nitrogens is 2. The number of fused-ring (bicyclic) bond motifs is 6. The first-order valence-corrected chi connectivity index (χ1v) is 21.5. The van der Waals surface area contributed by atoms with E-state index in [1.807, 2.05) is 39.0 Å². The predicted octanol–water partition coefficient (Wildman–Crippen LogP) is 6.59. The fourth-order valence-corrected chi connectivity index (χ4v) is 9.11. The SMILES string of the molecule is CCn1c(-c2cccnc2[C@H](C)OC)c2c3cc(ccc31)-c1cc(O)cc(c1)C[C@H](NC(=O)[C@H](C(C)C)N(C)C(=O)[C@@H]1CC1(F)F)C(=O)N1CCC[C@H](N1)C(=O)OCC(C)(C)C2. The van der Waals surface area contributed by atoms with Crippen molar-refractivity contribution in [2.24, 2.45) is 17.3 Å². The largest absolute Gasteiger partial charge is 0.508 e. The number of aryl methyl sites for hydroxylation is 1. The van der Waals surface area contributed by atoms with E-state index in [0.29, 0.717) is 36.9 Å². The van der Waals surface area contributed by atoms with Crippen LogP contribution < -0.4 is 10.7 Å². The van der Waals surface area contributed by atoms with Gasteiger partial charge in [-0.3, -0.25) is 29.2 Å². The van der Waals surface area contributed by atoms with Gasteiger partial charge in [-0.25, -0.2) is 14.2 Å². The van der Waals surface area contributed by atoms with Crippen LogP contribution in [-0.2, 0) is 48.0 Å². The lowest BCUT2D eigenvalue weighted by Gasteiger charge is -2.36. The number of pyridine rings is 1. The number of aromatic hydroxyl groups is 1. The second-order valence-corrected chi connectivity index (χ2v) is 18.2. The van der Waals surface area contributed by atoms with E-state index in [1.165, 1.54) is 18.1 Å². The highest BCUT2D eigenvalue weighted by atomic mass is 19.3. The zero-order chi connectivity index (χ0) is 44.8. The van der Waals surface area contributed by atoms with Crippen molar-refractivity contribution in [3.8, 4) is 28.1 Å². The Kier molecular flexibility index (Phi) is 12.5. The minimum atomic E-state index is -3.12. The highest BCUT2D eigenvalue weighted by Crippen LogP contribution is 2.50. The van der Waals surface area contributed by atoms with Gasteiger partial charge in [-0.1, -0.05) is 39.8 Å². The summed E-state index contributed by atoms with van der Waals surface area (Å²) in [5, 5.41) is 16.3. The molecule has 1 saturated heterocycles. The smallest absolute Gasteiger partial charge is 0.324 e. The van der Waals surface area contributed by atoms with Crippen molar-refractivity contribution in [1.82, 2.24) is 30.2 Å². The number of methoxy groups -OCH3 is 1. The summed E-state index contributed by atoms with van der Waals surface area (Å²) in [5.41, 5.74) is 9.20. The first-order chi connectivity index (χ1) is 29.3. The molecule has 62 heavy (non-hydrogen) atoms. The molecule has 2 aliphatic heterocycles. The third-order valence-electron chi connectivity index (χ3n) is 12.5. The van der Waals surface area contributed by atoms with Crippen LogP contribution in [0.3, 0.4) is 0 Å². The Hall–Kier alpha value is -5.41. The number of likely N-dealkylation sites (N-methyl/N-ethyl adjacent to an activating group) is 1. The monoisotopic (exact) mass is 856 g/mol. The van der Waals surface area contributed by atoms with E-state index < -0.39 is 71.4 Å². The van der Waals surface area contributed by atoms with Gasteiger partial charge in [0.05, 0.1) is 24.1 Å². The molecule has 2 aromatic carbocycles. The zero-order valence-electron chi connectivity index (χ0n) is 36.8. The minimum absolute atomic E-state index is 0.0547. The highest BCUT2D eigenvalue weighted by molar-refractivity contribution is 5.96. The molecule has 0 radical (unpaired) electrons. The van der Waals surface area contributed by atoms with Gasteiger partial charge in [0.1, 0.15) is 29.8 Å². The number of ether oxygens (including phenoxy) is 2. The molecule has 7 rings (SSSR count). The molecule has 0 unspecified atom stereocenters. The van der Waals surface area contributed by atoms with Crippen molar-refractivity contribution in [2.45, 2.75) is 110 Å². The Morgan fingerprint density at radius 3 is 2.53 bits per heavy atom. The molecule has 2 fully saturated rings. The second kappa shape index (κ2) is 17.4. The number of benzene rings is 2. The van der Waals surface area contributed by atoms with E-state index in [2.05, 4.69) is 40.4 Å². The molecule has 6 bridgehead atoms. The number of alkyl halides is 2. The van der Waals surface area contributed by atoms with Crippen LogP contribution in [0.2, 0.25) is 0 Å². The molecule has 3 amide bonds. The summed E-state index contributed by atoms with van der Waals surface area (Å²) in [4.78, 5) is 61.4. The van der Waals surface area contributed by atoms with Crippen molar-refractivity contribution in [3.63, 3.8) is 0 Å². The maximum atomic E-state index is 14.5.